The summed E-state index contributed by atoms with van der Waals surface area (Å²) in [6, 6.07) is 14.0. The number of hydrogen-bond acceptors (Lipinski definition) is 3. The average Bonchev–Trinajstić information content (AvgIpc) is 2.98. The minimum Gasteiger partial charge on any atom is -0.493 e. The van der Waals surface area contributed by atoms with E-state index in [9.17, 15) is 0 Å². The van der Waals surface area contributed by atoms with Gasteiger partial charge >= 0.3 is 0 Å². The van der Waals surface area contributed by atoms with Crippen LogP contribution in [-0.4, -0.2) is 16.7 Å². The van der Waals surface area contributed by atoms with Gasteiger partial charge in [0.1, 0.15) is 12.4 Å². The third-order valence-corrected chi connectivity index (χ3v) is 4.13. The number of methoxy groups -OCH3 is 1. The fourth-order valence-electron chi connectivity index (χ4n) is 2.95. The normalized spacial score (nSPS) is 10.7. The Labute approximate surface area is 154 Å². The SMILES string of the molecule is C=CCc1ccc(OCc2nc3ccccc3n2CC(=C)C)c(OC)c1. The molecule has 0 aliphatic rings. The Hall–Kier alpha value is -3.01. The monoisotopic (exact) mass is 348 g/mol. The van der Waals surface area contributed by atoms with Crippen LogP contribution in [0.4, 0.5) is 0 Å². The highest BCUT2D eigenvalue weighted by molar-refractivity contribution is 5.76. The summed E-state index contributed by atoms with van der Waals surface area (Å²) in [6.45, 7) is 10.9. The molecule has 0 saturated carbocycles. The lowest BCUT2D eigenvalue weighted by molar-refractivity contribution is 0.272. The van der Waals surface area contributed by atoms with Gasteiger partial charge < -0.3 is 14.0 Å². The quantitative estimate of drug-likeness (QED) is 0.542. The van der Waals surface area contributed by atoms with Crippen molar-refractivity contribution < 1.29 is 9.47 Å². The standard InChI is InChI=1S/C22H24N2O2/c1-5-8-17-11-12-20(21(13-17)25-4)26-15-22-23-18-9-6-7-10-19(18)24(22)14-16(2)3/h5-7,9-13H,1-2,8,14-15H2,3-4H3. The molecule has 0 radical (unpaired) electrons. The van der Waals surface area contributed by atoms with E-state index in [0.29, 0.717) is 24.7 Å². The van der Waals surface area contributed by atoms with E-state index in [-0.39, 0.29) is 0 Å². The third-order valence-electron chi connectivity index (χ3n) is 4.13. The van der Waals surface area contributed by atoms with Gasteiger partial charge in [-0.05, 0) is 43.2 Å². The molecule has 1 heterocycles. The summed E-state index contributed by atoms with van der Waals surface area (Å²) in [5, 5.41) is 0. The lowest BCUT2D eigenvalue weighted by Crippen LogP contribution is -2.08. The second kappa shape index (κ2) is 7.91. The minimum absolute atomic E-state index is 0.360. The first-order chi connectivity index (χ1) is 12.6. The van der Waals surface area contributed by atoms with Crippen molar-refractivity contribution in [2.24, 2.45) is 0 Å². The Bertz CT molecular complexity index is 940. The summed E-state index contributed by atoms with van der Waals surface area (Å²) in [6.07, 6.45) is 2.67. The number of hydrogen-bond donors (Lipinski definition) is 0. The zero-order valence-corrected chi connectivity index (χ0v) is 15.4. The van der Waals surface area contributed by atoms with E-state index in [1.807, 2.05) is 49.4 Å². The molecule has 4 nitrogen and oxygen atoms in total. The van der Waals surface area contributed by atoms with Gasteiger partial charge in [0.15, 0.2) is 11.5 Å². The lowest BCUT2D eigenvalue weighted by Gasteiger charge is -2.13. The summed E-state index contributed by atoms with van der Waals surface area (Å²) >= 11 is 0. The molecule has 0 unspecified atom stereocenters. The van der Waals surface area contributed by atoms with E-state index < -0.39 is 0 Å². The molecule has 4 heteroatoms. The van der Waals surface area contributed by atoms with E-state index in [1.165, 1.54) is 0 Å². The predicted octanol–water partition coefficient (Wildman–Crippen LogP) is 4.93. The summed E-state index contributed by atoms with van der Waals surface area (Å²) in [7, 11) is 1.65. The molecular weight excluding hydrogens is 324 g/mol. The largest absolute Gasteiger partial charge is 0.493 e. The molecule has 1 aromatic heterocycles. The Morgan fingerprint density at radius 1 is 1.19 bits per heavy atom. The Morgan fingerprint density at radius 3 is 2.73 bits per heavy atom. The van der Waals surface area contributed by atoms with E-state index in [0.717, 1.165) is 34.4 Å². The van der Waals surface area contributed by atoms with Gasteiger partial charge in [-0.1, -0.05) is 36.4 Å². The number of aromatic nitrogens is 2. The zero-order valence-electron chi connectivity index (χ0n) is 15.4. The summed E-state index contributed by atoms with van der Waals surface area (Å²) in [5.41, 5.74) is 4.25. The van der Waals surface area contributed by atoms with Crippen LogP contribution in [-0.2, 0) is 19.6 Å². The van der Waals surface area contributed by atoms with Gasteiger partial charge in [0.05, 0.1) is 18.1 Å². The molecule has 2 aromatic carbocycles. The van der Waals surface area contributed by atoms with E-state index in [4.69, 9.17) is 14.5 Å². The Kier molecular flexibility index (Phi) is 5.42. The smallest absolute Gasteiger partial charge is 0.161 e. The summed E-state index contributed by atoms with van der Waals surface area (Å²) in [5.74, 6) is 2.28. The van der Waals surface area contributed by atoms with E-state index >= 15 is 0 Å². The highest BCUT2D eigenvalue weighted by Crippen LogP contribution is 2.29. The van der Waals surface area contributed by atoms with Crippen molar-refractivity contribution in [1.82, 2.24) is 9.55 Å². The average molecular weight is 348 g/mol. The fraction of sp³-hybridized carbons (Fsp3) is 0.227. The van der Waals surface area contributed by atoms with Crippen LogP contribution in [0.1, 0.15) is 18.3 Å². The fourth-order valence-corrected chi connectivity index (χ4v) is 2.95. The number of allylic oxidation sites excluding steroid dienone is 2. The molecule has 0 N–H and O–H groups in total. The zero-order chi connectivity index (χ0) is 18.5. The molecule has 0 spiro atoms. The number of rotatable bonds is 8. The van der Waals surface area contributed by atoms with Crippen LogP contribution < -0.4 is 9.47 Å². The predicted molar refractivity (Wildman–Crippen MR) is 106 cm³/mol. The minimum atomic E-state index is 0.360. The Balaban J connectivity index is 1.87. The highest BCUT2D eigenvalue weighted by atomic mass is 16.5. The first-order valence-electron chi connectivity index (χ1n) is 8.61. The molecule has 0 aliphatic carbocycles. The second-order valence-electron chi connectivity index (χ2n) is 6.33. The van der Waals surface area contributed by atoms with E-state index in [1.54, 1.807) is 7.11 Å². The molecule has 0 aliphatic heterocycles. The molecule has 0 atom stereocenters. The number of para-hydroxylation sites is 2. The molecule has 0 saturated heterocycles. The first-order valence-corrected chi connectivity index (χ1v) is 8.61. The summed E-state index contributed by atoms with van der Waals surface area (Å²) in [4.78, 5) is 4.73. The maximum absolute atomic E-state index is 6.04. The van der Waals surface area contributed by atoms with Crippen molar-refractivity contribution in [3.05, 3.63) is 78.7 Å². The van der Waals surface area contributed by atoms with Crippen molar-refractivity contribution in [3.8, 4) is 11.5 Å². The van der Waals surface area contributed by atoms with Gasteiger partial charge in [-0.15, -0.1) is 6.58 Å². The van der Waals surface area contributed by atoms with Gasteiger partial charge in [-0.25, -0.2) is 4.98 Å². The molecular formula is C22H24N2O2. The maximum atomic E-state index is 6.04. The van der Waals surface area contributed by atoms with Crippen LogP contribution in [0.15, 0.2) is 67.3 Å². The summed E-state index contributed by atoms with van der Waals surface area (Å²) < 4.78 is 13.7. The van der Waals surface area contributed by atoms with Crippen LogP contribution in [0.2, 0.25) is 0 Å². The lowest BCUT2D eigenvalue weighted by atomic mass is 10.1. The van der Waals surface area contributed by atoms with Crippen LogP contribution in [0.3, 0.4) is 0 Å². The topological polar surface area (TPSA) is 36.3 Å². The van der Waals surface area contributed by atoms with Crippen LogP contribution >= 0.6 is 0 Å². The third kappa shape index (κ3) is 3.80. The molecule has 0 bridgehead atoms. The van der Waals surface area contributed by atoms with Crippen LogP contribution in [0.5, 0.6) is 11.5 Å². The van der Waals surface area contributed by atoms with Crippen LogP contribution in [0.25, 0.3) is 11.0 Å². The number of fused-ring (bicyclic) bond motifs is 1. The van der Waals surface area contributed by atoms with Crippen LogP contribution in [0, 0.1) is 0 Å². The number of ether oxygens (including phenoxy) is 2. The number of imidazole rings is 1. The van der Waals surface area contributed by atoms with Crippen molar-refractivity contribution in [3.63, 3.8) is 0 Å². The van der Waals surface area contributed by atoms with Gasteiger partial charge in [-0.3, -0.25) is 0 Å². The molecule has 3 aromatic rings. The Morgan fingerprint density at radius 2 is 2.00 bits per heavy atom. The molecule has 0 amide bonds. The number of benzene rings is 2. The molecule has 3 rings (SSSR count). The maximum Gasteiger partial charge on any atom is 0.161 e. The van der Waals surface area contributed by atoms with Gasteiger partial charge in [-0.2, -0.15) is 0 Å². The van der Waals surface area contributed by atoms with Crippen molar-refractivity contribution in [2.75, 3.05) is 7.11 Å². The first kappa shape index (κ1) is 17.8. The van der Waals surface area contributed by atoms with E-state index in [2.05, 4.69) is 23.8 Å². The van der Waals surface area contributed by atoms with Gasteiger partial charge in [0.25, 0.3) is 0 Å². The van der Waals surface area contributed by atoms with Gasteiger partial charge in [0.2, 0.25) is 0 Å². The van der Waals surface area contributed by atoms with Crippen molar-refractivity contribution >= 4 is 11.0 Å². The van der Waals surface area contributed by atoms with Crippen molar-refractivity contribution in [2.45, 2.75) is 26.5 Å². The van der Waals surface area contributed by atoms with Gasteiger partial charge in [0, 0.05) is 6.54 Å². The highest BCUT2D eigenvalue weighted by Gasteiger charge is 2.13. The molecule has 134 valence electrons. The second-order valence-corrected chi connectivity index (χ2v) is 6.33. The number of nitrogens with zero attached hydrogens (tertiary/aromatic N) is 2. The molecule has 0 fully saturated rings. The van der Waals surface area contributed by atoms with Crippen molar-refractivity contribution in [1.29, 1.82) is 0 Å². The molecule has 26 heavy (non-hydrogen) atoms.